The van der Waals surface area contributed by atoms with E-state index in [2.05, 4.69) is 43.0 Å². The molecule has 2 unspecified atom stereocenters. The predicted octanol–water partition coefficient (Wildman–Crippen LogP) is 4.19. The Kier molecular flexibility index (Phi) is 3.75. The first-order chi connectivity index (χ1) is 7.76. The summed E-state index contributed by atoms with van der Waals surface area (Å²) in [7, 11) is 0. The second-order valence-electron chi connectivity index (χ2n) is 4.70. The molecule has 2 atom stereocenters. The van der Waals surface area contributed by atoms with E-state index in [1.165, 1.54) is 30.5 Å². The number of halogens is 1. The molecular formula is C14H20ClN. The highest BCUT2D eigenvalue weighted by Gasteiger charge is 2.28. The lowest BCUT2D eigenvalue weighted by Crippen LogP contribution is -2.33. The zero-order chi connectivity index (χ0) is 11.5. The Hall–Kier alpha value is -0.690. The fourth-order valence-electron chi connectivity index (χ4n) is 2.69. The summed E-state index contributed by atoms with van der Waals surface area (Å²) in [5.41, 5.74) is 2.55. The molecule has 2 heteroatoms. The average Bonchev–Trinajstić information content (AvgIpc) is 2.70. The topological polar surface area (TPSA) is 3.24 Å². The molecule has 1 aromatic carbocycles. The van der Waals surface area contributed by atoms with Gasteiger partial charge >= 0.3 is 0 Å². The SMILES string of the molecule is CCC1CCC(C)N1c1ccc(CCl)cc1. The Balaban J connectivity index is 2.21. The number of benzene rings is 1. The van der Waals surface area contributed by atoms with Crippen LogP contribution in [0.5, 0.6) is 0 Å². The van der Waals surface area contributed by atoms with Crippen LogP contribution in [0.15, 0.2) is 24.3 Å². The zero-order valence-corrected chi connectivity index (χ0v) is 10.9. The van der Waals surface area contributed by atoms with Crippen LogP contribution in [0.2, 0.25) is 0 Å². The highest BCUT2D eigenvalue weighted by atomic mass is 35.5. The first kappa shape index (κ1) is 11.8. The summed E-state index contributed by atoms with van der Waals surface area (Å²) in [6.07, 6.45) is 3.88. The molecule has 1 nitrogen and oxygen atoms in total. The standard InChI is InChI=1S/C14H20ClN/c1-3-13-7-4-11(2)16(13)14-8-5-12(10-15)6-9-14/h5-6,8-9,11,13H,3-4,7,10H2,1-2H3. The molecule has 0 amide bonds. The van der Waals surface area contributed by atoms with Gasteiger partial charge in [-0.25, -0.2) is 0 Å². The smallest absolute Gasteiger partial charge is 0.0474 e. The number of rotatable bonds is 3. The molecule has 0 saturated carbocycles. The van der Waals surface area contributed by atoms with E-state index in [9.17, 15) is 0 Å². The normalized spacial score (nSPS) is 25.1. The van der Waals surface area contributed by atoms with Crippen molar-refractivity contribution in [2.75, 3.05) is 4.90 Å². The molecule has 0 bridgehead atoms. The Morgan fingerprint density at radius 2 is 1.94 bits per heavy atom. The van der Waals surface area contributed by atoms with Gasteiger partial charge < -0.3 is 4.90 Å². The molecule has 0 N–H and O–H groups in total. The number of anilines is 1. The first-order valence-electron chi connectivity index (χ1n) is 6.19. The lowest BCUT2D eigenvalue weighted by molar-refractivity contribution is 0.628. The van der Waals surface area contributed by atoms with Gasteiger partial charge in [0, 0.05) is 23.7 Å². The summed E-state index contributed by atoms with van der Waals surface area (Å²) < 4.78 is 0. The number of hydrogen-bond acceptors (Lipinski definition) is 1. The molecule has 0 radical (unpaired) electrons. The van der Waals surface area contributed by atoms with Crippen LogP contribution in [0.1, 0.15) is 38.7 Å². The van der Waals surface area contributed by atoms with Crippen molar-refractivity contribution >= 4 is 17.3 Å². The van der Waals surface area contributed by atoms with E-state index in [1.54, 1.807) is 0 Å². The predicted molar refractivity (Wildman–Crippen MR) is 71.3 cm³/mol. The molecule has 88 valence electrons. The van der Waals surface area contributed by atoms with Gasteiger partial charge in [-0.1, -0.05) is 19.1 Å². The summed E-state index contributed by atoms with van der Waals surface area (Å²) in [5, 5.41) is 0. The monoisotopic (exact) mass is 237 g/mol. The maximum atomic E-state index is 5.81. The Morgan fingerprint density at radius 1 is 1.25 bits per heavy atom. The molecule has 0 aromatic heterocycles. The third-order valence-electron chi connectivity index (χ3n) is 3.65. The van der Waals surface area contributed by atoms with Crippen molar-refractivity contribution in [3.63, 3.8) is 0 Å². The van der Waals surface area contributed by atoms with Crippen LogP contribution in [0.3, 0.4) is 0 Å². The highest BCUT2D eigenvalue weighted by Crippen LogP contribution is 2.32. The minimum atomic E-state index is 0.604. The molecule has 1 aliphatic rings. The van der Waals surface area contributed by atoms with Gasteiger partial charge in [-0.15, -0.1) is 11.6 Å². The summed E-state index contributed by atoms with van der Waals surface area (Å²) >= 11 is 5.81. The number of alkyl halides is 1. The highest BCUT2D eigenvalue weighted by molar-refractivity contribution is 6.17. The Bertz CT molecular complexity index is 333. The van der Waals surface area contributed by atoms with E-state index < -0.39 is 0 Å². The third-order valence-corrected chi connectivity index (χ3v) is 3.95. The van der Waals surface area contributed by atoms with Crippen molar-refractivity contribution in [3.8, 4) is 0 Å². The fourth-order valence-corrected chi connectivity index (χ4v) is 2.87. The van der Waals surface area contributed by atoms with Crippen LogP contribution in [0, 0.1) is 0 Å². The quantitative estimate of drug-likeness (QED) is 0.713. The van der Waals surface area contributed by atoms with Gasteiger partial charge in [0.1, 0.15) is 0 Å². The van der Waals surface area contributed by atoms with Crippen molar-refractivity contribution in [3.05, 3.63) is 29.8 Å². The van der Waals surface area contributed by atoms with Crippen LogP contribution < -0.4 is 4.90 Å². The Labute approximate surface area is 103 Å². The van der Waals surface area contributed by atoms with E-state index in [0.717, 1.165) is 6.04 Å². The van der Waals surface area contributed by atoms with Crippen molar-refractivity contribution in [2.45, 2.75) is 51.1 Å². The van der Waals surface area contributed by atoms with Crippen molar-refractivity contribution in [1.82, 2.24) is 0 Å². The molecule has 0 aliphatic carbocycles. The summed E-state index contributed by atoms with van der Waals surface area (Å²) in [4.78, 5) is 2.57. The zero-order valence-electron chi connectivity index (χ0n) is 10.1. The van der Waals surface area contributed by atoms with Gasteiger partial charge in [-0.2, -0.15) is 0 Å². The summed E-state index contributed by atoms with van der Waals surface area (Å²) in [6, 6.07) is 10.1. The second kappa shape index (κ2) is 5.09. The van der Waals surface area contributed by atoms with Crippen LogP contribution in [-0.2, 0) is 5.88 Å². The first-order valence-corrected chi connectivity index (χ1v) is 6.73. The van der Waals surface area contributed by atoms with Crippen LogP contribution in [0.25, 0.3) is 0 Å². The minimum Gasteiger partial charge on any atom is -0.366 e. The largest absolute Gasteiger partial charge is 0.366 e. The van der Waals surface area contributed by atoms with E-state index in [1.807, 2.05) is 0 Å². The van der Waals surface area contributed by atoms with E-state index in [0.29, 0.717) is 11.9 Å². The fraction of sp³-hybridized carbons (Fsp3) is 0.571. The molecule has 1 heterocycles. The van der Waals surface area contributed by atoms with Crippen molar-refractivity contribution in [1.29, 1.82) is 0 Å². The van der Waals surface area contributed by atoms with Crippen molar-refractivity contribution in [2.24, 2.45) is 0 Å². The summed E-state index contributed by atoms with van der Waals surface area (Å²) in [6.45, 7) is 4.61. The molecule has 1 saturated heterocycles. The molecule has 16 heavy (non-hydrogen) atoms. The van der Waals surface area contributed by atoms with Gasteiger partial charge in [0.25, 0.3) is 0 Å². The molecule has 1 aliphatic heterocycles. The van der Waals surface area contributed by atoms with Crippen LogP contribution >= 0.6 is 11.6 Å². The lowest BCUT2D eigenvalue weighted by atomic mass is 10.1. The summed E-state index contributed by atoms with van der Waals surface area (Å²) in [5.74, 6) is 0.604. The average molecular weight is 238 g/mol. The van der Waals surface area contributed by atoms with Gasteiger partial charge in [0.15, 0.2) is 0 Å². The van der Waals surface area contributed by atoms with E-state index >= 15 is 0 Å². The van der Waals surface area contributed by atoms with Crippen LogP contribution in [0.4, 0.5) is 5.69 Å². The molecule has 1 fully saturated rings. The van der Waals surface area contributed by atoms with Gasteiger partial charge in [-0.3, -0.25) is 0 Å². The Morgan fingerprint density at radius 3 is 2.50 bits per heavy atom. The number of nitrogens with zero attached hydrogens (tertiary/aromatic N) is 1. The van der Waals surface area contributed by atoms with Crippen LogP contribution in [-0.4, -0.2) is 12.1 Å². The maximum absolute atomic E-state index is 5.81. The molecule has 2 rings (SSSR count). The van der Waals surface area contributed by atoms with Gasteiger partial charge in [0.05, 0.1) is 0 Å². The maximum Gasteiger partial charge on any atom is 0.0474 e. The van der Waals surface area contributed by atoms with Crippen molar-refractivity contribution < 1.29 is 0 Å². The van der Waals surface area contributed by atoms with Gasteiger partial charge in [0.2, 0.25) is 0 Å². The van der Waals surface area contributed by atoms with Gasteiger partial charge in [-0.05, 0) is 43.9 Å². The third kappa shape index (κ3) is 2.20. The molecular weight excluding hydrogens is 218 g/mol. The minimum absolute atomic E-state index is 0.604. The number of hydrogen-bond donors (Lipinski definition) is 0. The lowest BCUT2D eigenvalue weighted by Gasteiger charge is -2.30. The molecule has 1 aromatic rings. The van der Waals surface area contributed by atoms with E-state index in [-0.39, 0.29) is 0 Å². The molecule has 0 spiro atoms. The van der Waals surface area contributed by atoms with E-state index in [4.69, 9.17) is 11.6 Å². The second-order valence-corrected chi connectivity index (χ2v) is 4.96.